The fraction of sp³-hybridized carbons (Fsp3) is 0.300. The zero-order valence-electron chi connectivity index (χ0n) is 20.4. The van der Waals surface area contributed by atoms with Crippen molar-refractivity contribution in [3.8, 4) is 23.5 Å². The number of nitrogens with zero attached hydrogens (tertiary/aromatic N) is 2. The molecule has 0 bridgehead atoms. The molecule has 0 saturated carbocycles. The van der Waals surface area contributed by atoms with Gasteiger partial charge in [0.25, 0.3) is 0 Å². The Labute approximate surface area is 207 Å². The van der Waals surface area contributed by atoms with Crippen LogP contribution in [0.3, 0.4) is 0 Å². The maximum atomic E-state index is 13.0. The lowest BCUT2D eigenvalue weighted by Gasteiger charge is -2.37. The second-order valence-corrected chi connectivity index (χ2v) is 9.31. The summed E-state index contributed by atoms with van der Waals surface area (Å²) in [6.07, 6.45) is 5.55. The van der Waals surface area contributed by atoms with E-state index < -0.39 is 0 Å². The van der Waals surface area contributed by atoms with Gasteiger partial charge < -0.3 is 20.3 Å². The Morgan fingerprint density at radius 3 is 2.17 bits per heavy atom. The Morgan fingerprint density at radius 2 is 1.60 bits per heavy atom. The summed E-state index contributed by atoms with van der Waals surface area (Å²) in [6, 6.07) is 18.9. The minimum Gasteiger partial charge on any atom is -0.448 e. The van der Waals surface area contributed by atoms with Gasteiger partial charge in [-0.1, -0.05) is 54.5 Å². The fourth-order valence-electron chi connectivity index (χ4n) is 5.52. The molecule has 1 aliphatic heterocycles. The van der Waals surface area contributed by atoms with Gasteiger partial charge in [-0.15, -0.1) is 6.42 Å². The molecule has 0 radical (unpaired) electrons. The minimum atomic E-state index is -0.251. The van der Waals surface area contributed by atoms with Crippen LogP contribution < -0.4 is 10.6 Å². The molecule has 35 heavy (non-hydrogen) atoms. The largest absolute Gasteiger partial charge is 0.448 e. The number of anilines is 1. The van der Waals surface area contributed by atoms with Gasteiger partial charge in [0.05, 0.1) is 0 Å². The monoisotopic (exact) mass is 465 g/mol. The van der Waals surface area contributed by atoms with Crippen molar-refractivity contribution in [2.24, 2.45) is 5.73 Å². The first-order valence-electron chi connectivity index (χ1n) is 12.2. The van der Waals surface area contributed by atoms with Crippen molar-refractivity contribution in [1.29, 1.82) is 0 Å². The first-order chi connectivity index (χ1) is 17.0. The zero-order chi connectivity index (χ0) is 24.5. The van der Waals surface area contributed by atoms with E-state index in [0.717, 1.165) is 41.0 Å². The van der Waals surface area contributed by atoms with Gasteiger partial charge in [0.2, 0.25) is 0 Å². The molecule has 5 nitrogen and oxygen atoms in total. The number of fused-ring (bicyclic) bond motifs is 3. The Balaban J connectivity index is 1.25. The summed E-state index contributed by atoms with van der Waals surface area (Å²) in [4.78, 5) is 17.1. The van der Waals surface area contributed by atoms with E-state index in [-0.39, 0.29) is 12.0 Å². The Bertz CT molecular complexity index is 1270. The third kappa shape index (κ3) is 4.05. The number of piperazine rings is 1. The van der Waals surface area contributed by atoms with Crippen LogP contribution in [0.15, 0.2) is 54.6 Å². The summed E-state index contributed by atoms with van der Waals surface area (Å²) in [6.45, 7) is 7.55. The highest BCUT2D eigenvalue weighted by molar-refractivity contribution is 5.79. The lowest BCUT2D eigenvalue weighted by molar-refractivity contribution is 0.0977. The topological polar surface area (TPSA) is 58.8 Å². The molecule has 0 spiro atoms. The standard InChI is InChI=1S/C30H31N3O2/c1-4-23-20(2)22(18-31)17-29(21(23)3)32-13-15-33(16-14-32)30(34)35-19-28-26-11-7-5-9-24(26)25-10-6-8-12-27(25)28/h1,5-12,17,28H,13-16,18-19,31H2,2-3H3. The predicted molar refractivity (Wildman–Crippen MR) is 141 cm³/mol. The molecule has 178 valence electrons. The predicted octanol–water partition coefficient (Wildman–Crippen LogP) is 4.81. The van der Waals surface area contributed by atoms with Gasteiger partial charge in [0, 0.05) is 49.9 Å². The normalized spacial score (nSPS) is 14.9. The van der Waals surface area contributed by atoms with Gasteiger partial charge in [-0.2, -0.15) is 0 Å². The van der Waals surface area contributed by atoms with Gasteiger partial charge in [0.1, 0.15) is 6.61 Å². The molecule has 1 aliphatic carbocycles. The summed E-state index contributed by atoms with van der Waals surface area (Å²) in [7, 11) is 0. The summed E-state index contributed by atoms with van der Waals surface area (Å²) < 4.78 is 5.86. The van der Waals surface area contributed by atoms with E-state index in [9.17, 15) is 4.79 Å². The van der Waals surface area contributed by atoms with Crippen molar-refractivity contribution in [3.05, 3.63) is 88.0 Å². The van der Waals surface area contributed by atoms with Crippen molar-refractivity contribution in [2.75, 3.05) is 37.7 Å². The van der Waals surface area contributed by atoms with E-state index in [0.29, 0.717) is 26.2 Å². The Morgan fingerprint density at radius 1 is 1.00 bits per heavy atom. The Kier molecular flexibility index (Phi) is 6.23. The number of hydrogen-bond acceptors (Lipinski definition) is 4. The molecule has 5 rings (SSSR count). The van der Waals surface area contributed by atoms with Gasteiger partial charge in [-0.3, -0.25) is 0 Å². The molecule has 1 amide bonds. The van der Waals surface area contributed by atoms with E-state index in [1.54, 1.807) is 4.90 Å². The van der Waals surface area contributed by atoms with Crippen molar-refractivity contribution in [3.63, 3.8) is 0 Å². The number of terminal acetylenes is 1. The molecular formula is C30H31N3O2. The van der Waals surface area contributed by atoms with E-state index >= 15 is 0 Å². The van der Waals surface area contributed by atoms with E-state index in [1.165, 1.54) is 22.3 Å². The number of ether oxygens (including phenoxy) is 1. The van der Waals surface area contributed by atoms with Crippen molar-refractivity contribution in [2.45, 2.75) is 26.3 Å². The molecule has 0 unspecified atom stereocenters. The SMILES string of the molecule is C#Cc1c(C)c(CN)cc(N2CCN(C(=O)OCC3c4ccccc4-c4ccccc43)CC2)c1C. The van der Waals surface area contributed by atoms with Gasteiger partial charge in [-0.25, -0.2) is 4.79 Å². The molecule has 0 aromatic heterocycles. The highest BCUT2D eigenvalue weighted by Crippen LogP contribution is 2.44. The number of carbonyl (C=O) groups is 1. The highest BCUT2D eigenvalue weighted by atomic mass is 16.6. The molecule has 5 heteroatoms. The molecule has 1 fully saturated rings. The lowest BCUT2D eigenvalue weighted by atomic mass is 9.95. The number of nitrogens with two attached hydrogens (primary N) is 1. The molecule has 3 aromatic carbocycles. The first kappa shape index (κ1) is 23.0. The minimum absolute atomic E-state index is 0.0692. The van der Waals surface area contributed by atoms with Crippen molar-refractivity contribution in [1.82, 2.24) is 4.90 Å². The van der Waals surface area contributed by atoms with Gasteiger partial charge in [-0.05, 0) is 58.9 Å². The number of carbonyl (C=O) groups excluding carboxylic acids is 1. The number of rotatable bonds is 4. The summed E-state index contributed by atoms with van der Waals surface area (Å²) in [5.41, 5.74) is 16.1. The van der Waals surface area contributed by atoms with Crippen molar-refractivity contribution >= 4 is 11.8 Å². The summed E-state index contributed by atoms with van der Waals surface area (Å²) in [5.74, 6) is 2.90. The van der Waals surface area contributed by atoms with Crippen LogP contribution in [0.4, 0.5) is 10.5 Å². The Hall–Kier alpha value is -3.75. The molecule has 3 aromatic rings. The van der Waals surface area contributed by atoms with E-state index in [1.807, 2.05) is 19.1 Å². The third-order valence-electron chi connectivity index (χ3n) is 7.51. The quantitative estimate of drug-likeness (QED) is 0.562. The van der Waals surface area contributed by atoms with Gasteiger partial charge >= 0.3 is 6.09 Å². The van der Waals surface area contributed by atoms with Crippen LogP contribution in [0.2, 0.25) is 0 Å². The molecule has 1 saturated heterocycles. The van der Waals surface area contributed by atoms with Crippen LogP contribution in [-0.4, -0.2) is 43.8 Å². The van der Waals surface area contributed by atoms with Crippen LogP contribution in [0, 0.1) is 26.2 Å². The summed E-state index contributed by atoms with van der Waals surface area (Å²) in [5, 5.41) is 0. The summed E-state index contributed by atoms with van der Waals surface area (Å²) >= 11 is 0. The average molecular weight is 466 g/mol. The fourth-order valence-corrected chi connectivity index (χ4v) is 5.52. The van der Waals surface area contributed by atoms with Crippen LogP contribution in [0.25, 0.3) is 11.1 Å². The molecule has 2 aliphatic rings. The van der Waals surface area contributed by atoms with E-state index in [4.69, 9.17) is 16.9 Å². The van der Waals surface area contributed by atoms with Crippen LogP contribution >= 0.6 is 0 Å². The average Bonchev–Trinajstić information content (AvgIpc) is 3.21. The molecular weight excluding hydrogens is 434 g/mol. The zero-order valence-corrected chi connectivity index (χ0v) is 20.4. The molecule has 1 heterocycles. The third-order valence-corrected chi connectivity index (χ3v) is 7.51. The molecule has 2 N–H and O–H groups in total. The second-order valence-electron chi connectivity index (χ2n) is 9.31. The lowest BCUT2D eigenvalue weighted by Crippen LogP contribution is -2.49. The number of hydrogen-bond donors (Lipinski definition) is 1. The smallest absolute Gasteiger partial charge is 0.409 e. The number of benzene rings is 3. The molecule has 0 atom stereocenters. The van der Waals surface area contributed by atoms with Crippen LogP contribution in [-0.2, 0) is 11.3 Å². The highest BCUT2D eigenvalue weighted by Gasteiger charge is 2.30. The number of amides is 1. The first-order valence-corrected chi connectivity index (χ1v) is 12.2. The van der Waals surface area contributed by atoms with Crippen LogP contribution in [0.5, 0.6) is 0 Å². The van der Waals surface area contributed by atoms with E-state index in [2.05, 4.69) is 60.2 Å². The maximum Gasteiger partial charge on any atom is 0.409 e. The van der Waals surface area contributed by atoms with Gasteiger partial charge in [0.15, 0.2) is 0 Å². The van der Waals surface area contributed by atoms with Crippen LogP contribution in [0.1, 0.15) is 39.3 Å². The maximum absolute atomic E-state index is 13.0. The second kappa shape index (κ2) is 9.48. The van der Waals surface area contributed by atoms with Crippen molar-refractivity contribution < 1.29 is 9.53 Å².